The second kappa shape index (κ2) is 3.72. The highest BCUT2D eigenvalue weighted by atomic mass is 15.3. The zero-order chi connectivity index (χ0) is 11.0. The van der Waals surface area contributed by atoms with Gasteiger partial charge in [0.2, 0.25) is 5.95 Å². The zero-order valence-electron chi connectivity index (χ0n) is 8.93. The van der Waals surface area contributed by atoms with Gasteiger partial charge in [-0.3, -0.25) is 0 Å². The Morgan fingerprint density at radius 3 is 2.69 bits per heavy atom. The first-order valence-electron chi connectivity index (χ1n) is 5.59. The zero-order valence-corrected chi connectivity index (χ0v) is 8.93. The van der Waals surface area contributed by atoms with Crippen LogP contribution in [0.1, 0.15) is 18.4 Å². The smallest absolute Gasteiger partial charge is 0.225 e. The summed E-state index contributed by atoms with van der Waals surface area (Å²) in [5, 5.41) is 12.2. The van der Waals surface area contributed by atoms with Crippen LogP contribution in [0.3, 0.4) is 0 Å². The fraction of sp³-hybridized carbons (Fsp3) is 0.545. The van der Waals surface area contributed by atoms with Crippen molar-refractivity contribution in [2.24, 2.45) is 0 Å². The Kier molecular flexibility index (Phi) is 2.22. The molecule has 0 saturated carbocycles. The number of hydrogen-bond acceptors (Lipinski definition) is 5. The number of anilines is 1. The summed E-state index contributed by atoms with van der Waals surface area (Å²) in [6, 6.07) is 3.12. The van der Waals surface area contributed by atoms with Gasteiger partial charge in [0.05, 0.1) is 18.0 Å². The van der Waals surface area contributed by atoms with Gasteiger partial charge in [-0.05, 0) is 12.8 Å². The third-order valence-corrected chi connectivity index (χ3v) is 3.37. The van der Waals surface area contributed by atoms with E-state index in [0.29, 0.717) is 17.6 Å². The molecule has 0 spiro atoms. The van der Waals surface area contributed by atoms with Crippen molar-refractivity contribution in [1.82, 2.24) is 15.3 Å². The molecule has 4 rings (SSSR count). The van der Waals surface area contributed by atoms with Crippen LogP contribution >= 0.6 is 0 Å². The number of fused-ring (bicyclic) bond motifs is 3. The molecule has 5 nitrogen and oxygen atoms in total. The maximum Gasteiger partial charge on any atom is 0.225 e. The van der Waals surface area contributed by atoms with E-state index in [2.05, 4.69) is 20.2 Å². The summed E-state index contributed by atoms with van der Waals surface area (Å²) in [5.41, 5.74) is 0.518. The lowest BCUT2D eigenvalue weighted by Crippen LogP contribution is -2.61. The van der Waals surface area contributed by atoms with E-state index >= 15 is 0 Å². The minimum atomic E-state index is 0.512. The Morgan fingerprint density at radius 2 is 2.19 bits per heavy atom. The number of aromatic nitrogens is 2. The Labute approximate surface area is 94.1 Å². The second-order valence-electron chi connectivity index (χ2n) is 4.37. The summed E-state index contributed by atoms with van der Waals surface area (Å²) in [6.07, 6.45) is 5.65. The first kappa shape index (κ1) is 9.55. The molecule has 1 N–H and O–H groups in total. The van der Waals surface area contributed by atoms with Crippen LogP contribution in [0.25, 0.3) is 0 Å². The topological polar surface area (TPSA) is 64.8 Å². The minimum absolute atomic E-state index is 0.512. The summed E-state index contributed by atoms with van der Waals surface area (Å²) in [5.74, 6) is 0.759. The molecule has 3 saturated heterocycles. The van der Waals surface area contributed by atoms with Gasteiger partial charge >= 0.3 is 0 Å². The van der Waals surface area contributed by atoms with E-state index in [9.17, 15) is 0 Å². The van der Waals surface area contributed by atoms with Gasteiger partial charge in [-0.2, -0.15) is 5.26 Å². The number of piperazine rings is 1. The predicted octanol–water partition coefficient (Wildman–Crippen LogP) is 0.289. The number of hydrogen-bond donors (Lipinski definition) is 1. The van der Waals surface area contributed by atoms with E-state index in [1.165, 1.54) is 12.8 Å². The molecule has 1 aromatic rings. The standard InChI is InChI=1S/C11H13N5/c12-3-8-4-14-11(15-5-8)16-7-9-1-2-10(16)6-13-9/h4-5,9-10,13H,1-2,6-7H2/t9-,10?/m1/s1. The number of piperidine rings is 2. The van der Waals surface area contributed by atoms with Crippen molar-refractivity contribution in [1.29, 1.82) is 5.26 Å². The van der Waals surface area contributed by atoms with E-state index in [1.54, 1.807) is 12.4 Å². The molecule has 0 aliphatic carbocycles. The SMILES string of the molecule is N#Cc1cnc(N2C[C@H]3CCC2CN3)nc1. The Balaban J connectivity index is 1.84. The Morgan fingerprint density at radius 1 is 1.38 bits per heavy atom. The molecule has 5 heteroatoms. The molecule has 4 heterocycles. The number of nitrogens with one attached hydrogen (secondary N) is 1. The molecule has 3 aliphatic rings. The van der Waals surface area contributed by atoms with Crippen LogP contribution in [0.15, 0.2) is 12.4 Å². The van der Waals surface area contributed by atoms with Crippen molar-refractivity contribution in [2.45, 2.75) is 24.9 Å². The van der Waals surface area contributed by atoms with Gasteiger partial charge in [0.25, 0.3) is 0 Å². The average Bonchev–Trinajstić information content (AvgIpc) is 2.40. The molecule has 16 heavy (non-hydrogen) atoms. The third kappa shape index (κ3) is 1.51. The van der Waals surface area contributed by atoms with Gasteiger partial charge in [-0.25, -0.2) is 9.97 Å². The summed E-state index contributed by atoms with van der Waals surface area (Å²) < 4.78 is 0. The van der Waals surface area contributed by atoms with E-state index in [0.717, 1.165) is 19.0 Å². The molecule has 0 amide bonds. The molecule has 3 fully saturated rings. The van der Waals surface area contributed by atoms with Crippen LogP contribution < -0.4 is 10.2 Å². The molecule has 82 valence electrons. The van der Waals surface area contributed by atoms with Crippen LogP contribution in [0, 0.1) is 11.3 Å². The normalized spacial score (nSPS) is 27.8. The number of rotatable bonds is 1. The van der Waals surface area contributed by atoms with Crippen LogP contribution in [0.4, 0.5) is 5.95 Å². The first-order chi connectivity index (χ1) is 7.86. The van der Waals surface area contributed by atoms with Crippen molar-refractivity contribution in [3.05, 3.63) is 18.0 Å². The van der Waals surface area contributed by atoms with E-state index in [-0.39, 0.29) is 0 Å². The second-order valence-corrected chi connectivity index (χ2v) is 4.37. The van der Waals surface area contributed by atoms with Crippen molar-refractivity contribution in [3.63, 3.8) is 0 Å². The molecular formula is C11H13N5. The first-order valence-corrected chi connectivity index (χ1v) is 5.59. The lowest BCUT2D eigenvalue weighted by Gasteiger charge is -2.45. The van der Waals surface area contributed by atoms with Crippen LogP contribution in [-0.4, -0.2) is 35.1 Å². The van der Waals surface area contributed by atoms with Crippen molar-refractivity contribution >= 4 is 5.95 Å². The highest BCUT2D eigenvalue weighted by Crippen LogP contribution is 2.25. The van der Waals surface area contributed by atoms with Crippen molar-refractivity contribution in [2.75, 3.05) is 18.0 Å². The molecule has 2 atom stereocenters. The molecule has 1 aromatic heterocycles. The van der Waals surface area contributed by atoms with Crippen LogP contribution in [-0.2, 0) is 0 Å². The van der Waals surface area contributed by atoms with Gasteiger partial charge in [0, 0.05) is 25.2 Å². The average molecular weight is 215 g/mol. The minimum Gasteiger partial charge on any atom is -0.335 e. The lowest BCUT2D eigenvalue weighted by atomic mass is 9.93. The quantitative estimate of drug-likeness (QED) is 0.729. The Hall–Kier alpha value is -1.67. The molecule has 1 unspecified atom stereocenters. The fourth-order valence-corrected chi connectivity index (χ4v) is 2.48. The fourth-order valence-electron chi connectivity index (χ4n) is 2.48. The summed E-state index contributed by atoms with van der Waals surface area (Å²) in [7, 11) is 0. The number of nitriles is 1. The lowest BCUT2D eigenvalue weighted by molar-refractivity contribution is 0.287. The van der Waals surface area contributed by atoms with Crippen molar-refractivity contribution in [3.8, 4) is 6.07 Å². The summed E-state index contributed by atoms with van der Waals surface area (Å²) >= 11 is 0. The van der Waals surface area contributed by atoms with E-state index in [1.807, 2.05) is 6.07 Å². The van der Waals surface area contributed by atoms with Gasteiger partial charge in [0.15, 0.2) is 0 Å². The third-order valence-electron chi connectivity index (χ3n) is 3.37. The van der Waals surface area contributed by atoms with Crippen molar-refractivity contribution < 1.29 is 0 Å². The van der Waals surface area contributed by atoms with Gasteiger partial charge in [0.1, 0.15) is 6.07 Å². The van der Waals surface area contributed by atoms with Crippen LogP contribution in [0.5, 0.6) is 0 Å². The molecular weight excluding hydrogens is 202 g/mol. The maximum absolute atomic E-state index is 8.69. The molecule has 0 radical (unpaired) electrons. The van der Waals surface area contributed by atoms with Gasteiger partial charge in [-0.15, -0.1) is 0 Å². The summed E-state index contributed by atoms with van der Waals surface area (Å²) in [4.78, 5) is 10.8. The monoisotopic (exact) mass is 215 g/mol. The van der Waals surface area contributed by atoms with Gasteiger partial charge < -0.3 is 10.2 Å². The highest BCUT2D eigenvalue weighted by Gasteiger charge is 2.34. The molecule has 3 aliphatic heterocycles. The van der Waals surface area contributed by atoms with E-state index in [4.69, 9.17) is 5.26 Å². The van der Waals surface area contributed by atoms with Gasteiger partial charge in [-0.1, -0.05) is 0 Å². The maximum atomic E-state index is 8.69. The Bertz CT molecular complexity index is 413. The number of nitrogens with zero attached hydrogens (tertiary/aromatic N) is 4. The van der Waals surface area contributed by atoms with E-state index < -0.39 is 0 Å². The summed E-state index contributed by atoms with van der Waals surface area (Å²) in [6.45, 7) is 2.00. The predicted molar refractivity (Wildman–Crippen MR) is 58.9 cm³/mol. The van der Waals surface area contributed by atoms with Crippen LogP contribution in [0.2, 0.25) is 0 Å². The highest BCUT2D eigenvalue weighted by molar-refractivity contribution is 5.36. The molecule has 0 aromatic carbocycles. The molecule has 2 bridgehead atoms. The largest absolute Gasteiger partial charge is 0.335 e.